The first kappa shape index (κ1) is 12.4. The molecule has 1 aromatic heterocycles. The summed E-state index contributed by atoms with van der Waals surface area (Å²) in [5.74, 6) is 0.935. The summed E-state index contributed by atoms with van der Waals surface area (Å²) in [5, 5.41) is 3.36. The molecule has 1 aliphatic rings. The van der Waals surface area contributed by atoms with Gasteiger partial charge in [-0.25, -0.2) is 4.98 Å². The summed E-state index contributed by atoms with van der Waals surface area (Å²) in [6.45, 7) is 10.1. The van der Waals surface area contributed by atoms with E-state index in [4.69, 9.17) is 4.74 Å². The summed E-state index contributed by atoms with van der Waals surface area (Å²) >= 11 is 0. The summed E-state index contributed by atoms with van der Waals surface area (Å²) in [7, 11) is 0. The van der Waals surface area contributed by atoms with Gasteiger partial charge in [-0.1, -0.05) is 6.92 Å². The smallest absolute Gasteiger partial charge is 0.202 e. The Morgan fingerprint density at radius 3 is 3.12 bits per heavy atom. The number of anilines is 1. The van der Waals surface area contributed by atoms with Crippen LogP contribution in [0, 0.1) is 0 Å². The molecule has 2 heterocycles. The molecule has 2 rings (SSSR count). The maximum absolute atomic E-state index is 5.74. The number of morpholine rings is 1. The summed E-state index contributed by atoms with van der Waals surface area (Å²) < 4.78 is 7.84. The third-order valence-electron chi connectivity index (χ3n) is 3.21. The fourth-order valence-electron chi connectivity index (χ4n) is 2.13. The monoisotopic (exact) mass is 238 g/mol. The van der Waals surface area contributed by atoms with E-state index < -0.39 is 0 Å². The number of ether oxygens (including phenoxy) is 1. The van der Waals surface area contributed by atoms with Crippen molar-refractivity contribution in [3.05, 3.63) is 12.4 Å². The first-order valence-electron chi connectivity index (χ1n) is 6.42. The predicted molar refractivity (Wildman–Crippen MR) is 68.2 cm³/mol. The van der Waals surface area contributed by atoms with Crippen LogP contribution >= 0.6 is 0 Å². The van der Waals surface area contributed by atoms with Gasteiger partial charge < -0.3 is 14.6 Å². The number of likely N-dealkylation sites (N-methyl/N-ethyl adjacent to an activating group) is 1. The van der Waals surface area contributed by atoms with Crippen LogP contribution in [0.4, 0.5) is 5.95 Å². The Balaban J connectivity index is 1.81. The Bertz CT molecular complexity index is 339. The maximum Gasteiger partial charge on any atom is 0.202 e. The van der Waals surface area contributed by atoms with Crippen LogP contribution in [0.1, 0.15) is 13.8 Å². The summed E-state index contributed by atoms with van der Waals surface area (Å²) in [4.78, 5) is 6.71. The van der Waals surface area contributed by atoms with Crippen LogP contribution in [0.5, 0.6) is 0 Å². The highest BCUT2D eigenvalue weighted by Gasteiger charge is 2.19. The van der Waals surface area contributed by atoms with Crippen molar-refractivity contribution >= 4 is 5.95 Å². The van der Waals surface area contributed by atoms with Crippen molar-refractivity contribution < 1.29 is 4.74 Å². The van der Waals surface area contributed by atoms with Crippen LogP contribution < -0.4 is 5.32 Å². The number of aromatic nitrogens is 2. The second kappa shape index (κ2) is 6.02. The van der Waals surface area contributed by atoms with Crippen LogP contribution in [0.2, 0.25) is 0 Å². The molecule has 0 aromatic carbocycles. The molecule has 0 saturated carbocycles. The molecule has 17 heavy (non-hydrogen) atoms. The van der Waals surface area contributed by atoms with Gasteiger partial charge in [-0.3, -0.25) is 4.90 Å². The van der Waals surface area contributed by atoms with Gasteiger partial charge in [0.2, 0.25) is 5.95 Å². The molecule has 5 heteroatoms. The lowest BCUT2D eigenvalue weighted by atomic mass is 10.2. The third-order valence-corrected chi connectivity index (χ3v) is 3.21. The van der Waals surface area contributed by atoms with E-state index in [1.807, 2.05) is 12.4 Å². The highest BCUT2D eigenvalue weighted by Crippen LogP contribution is 2.08. The van der Waals surface area contributed by atoms with E-state index in [-0.39, 0.29) is 6.10 Å². The molecule has 0 bridgehead atoms. The Labute approximate surface area is 103 Å². The van der Waals surface area contributed by atoms with Crippen molar-refractivity contribution in [1.29, 1.82) is 0 Å². The molecule has 1 N–H and O–H groups in total. The van der Waals surface area contributed by atoms with Crippen LogP contribution in [0.15, 0.2) is 12.4 Å². The van der Waals surface area contributed by atoms with Crippen molar-refractivity contribution in [3.8, 4) is 0 Å². The van der Waals surface area contributed by atoms with Crippen molar-refractivity contribution in [1.82, 2.24) is 14.5 Å². The van der Waals surface area contributed by atoms with E-state index in [0.29, 0.717) is 0 Å². The molecule has 96 valence electrons. The zero-order chi connectivity index (χ0) is 12.1. The van der Waals surface area contributed by atoms with Gasteiger partial charge in [0.1, 0.15) is 0 Å². The molecule has 0 aliphatic carbocycles. The van der Waals surface area contributed by atoms with Gasteiger partial charge in [-0.2, -0.15) is 0 Å². The molecule has 1 atom stereocenters. The number of hydrogen-bond donors (Lipinski definition) is 1. The number of imidazole rings is 1. The SMILES string of the molecule is CCN1CCOC(CNc2nccn2CC)C1. The Kier molecular flexibility index (Phi) is 4.39. The Hall–Kier alpha value is -1.07. The molecular weight excluding hydrogens is 216 g/mol. The van der Waals surface area contributed by atoms with Gasteiger partial charge in [0.05, 0.1) is 12.7 Å². The molecule has 1 unspecified atom stereocenters. The van der Waals surface area contributed by atoms with Gasteiger partial charge in [0.15, 0.2) is 0 Å². The molecule has 0 spiro atoms. The Morgan fingerprint density at radius 1 is 1.47 bits per heavy atom. The second-order valence-electron chi connectivity index (χ2n) is 4.30. The van der Waals surface area contributed by atoms with Crippen LogP contribution in [-0.4, -0.2) is 53.3 Å². The fourth-order valence-corrected chi connectivity index (χ4v) is 2.13. The average Bonchev–Trinajstić information content (AvgIpc) is 2.84. The zero-order valence-electron chi connectivity index (χ0n) is 10.7. The third kappa shape index (κ3) is 3.20. The normalized spacial score (nSPS) is 21.6. The molecule has 1 aromatic rings. The summed E-state index contributed by atoms with van der Waals surface area (Å²) in [5.41, 5.74) is 0. The standard InChI is InChI=1S/C12H22N4O/c1-3-15-7-8-17-11(10-15)9-14-12-13-5-6-16(12)4-2/h5-6,11H,3-4,7-10H2,1-2H3,(H,13,14). The van der Waals surface area contributed by atoms with E-state index in [0.717, 1.165) is 45.3 Å². The molecule has 0 radical (unpaired) electrons. The average molecular weight is 238 g/mol. The van der Waals surface area contributed by atoms with E-state index in [1.165, 1.54) is 0 Å². The van der Waals surface area contributed by atoms with Gasteiger partial charge in [0.25, 0.3) is 0 Å². The highest BCUT2D eigenvalue weighted by molar-refractivity contribution is 5.25. The van der Waals surface area contributed by atoms with E-state index in [2.05, 4.69) is 33.6 Å². The maximum atomic E-state index is 5.74. The topological polar surface area (TPSA) is 42.3 Å². The summed E-state index contributed by atoms with van der Waals surface area (Å²) in [6, 6.07) is 0. The van der Waals surface area contributed by atoms with Crippen molar-refractivity contribution in [2.45, 2.75) is 26.5 Å². The number of nitrogens with one attached hydrogen (secondary N) is 1. The van der Waals surface area contributed by atoms with Gasteiger partial charge in [0, 0.05) is 38.6 Å². The minimum Gasteiger partial charge on any atom is -0.374 e. The highest BCUT2D eigenvalue weighted by atomic mass is 16.5. The Morgan fingerprint density at radius 2 is 2.35 bits per heavy atom. The van der Waals surface area contributed by atoms with Crippen LogP contribution in [0.25, 0.3) is 0 Å². The molecule has 0 amide bonds. The van der Waals surface area contributed by atoms with Crippen LogP contribution in [-0.2, 0) is 11.3 Å². The molecule has 1 aliphatic heterocycles. The molecule has 1 saturated heterocycles. The fraction of sp³-hybridized carbons (Fsp3) is 0.750. The molecular formula is C12H22N4O. The minimum absolute atomic E-state index is 0.269. The largest absolute Gasteiger partial charge is 0.374 e. The minimum atomic E-state index is 0.269. The van der Waals surface area contributed by atoms with Crippen molar-refractivity contribution in [2.75, 3.05) is 38.1 Å². The quantitative estimate of drug-likeness (QED) is 0.832. The van der Waals surface area contributed by atoms with E-state index in [9.17, 15) is 0 Å². The van der Waals surface area contributed by atoms with Gasteiger partial charge in [-0.15, -0.1) is 0 Å². The number of hydrogen-bond acceptors (Lipinski definition) is 4. The zero-order valence-corrected chi connectivity index (χ0v) is 10.7. The lowest BCUT2D eigenvalue weighted by molar-refractivity contribution is -0.0192. The van der Waals surface area contributed by atoms with Crippen molar-refractivity contribution in [2.24, 2.45) is 0 Å². The predicted octanol–water partition coefficient (Wildman–Crippen LogP) is 1.04. The van der Waals surface area contributed by atoms with Gasteiger partial charge in [-0.05, 0) is 13.5 Å². The van der Waals surface area contributed by atoms with Crippen molar-refractivity contribution in [3.63, 3.8) is 0 Å². The van der Waals surface area contributed by atoms with E-state index in [1.54, 1.807) is 0 Å². The number of rotatable bonds is 5. The van der Waals surface area contributed by atoms with Gasteiger partial charge >= 0.3 is 0 Å². The second-order valence-corrected chi connectivity index (χ2v) is 4.30. The van der Waals surface area contributed by atoms with Crippen LogP contribution in [0.3, 0.4) is 0 Å². The lowest BCUT2D eigenvalue weighted by Gasteiger charge is -2.32. The molecule has 5 nitrogen and oxygen atoms in total. The first-order chi connectivity index (χ1) is 8.33. The first-order valence-corrected chi connectivity index (χ1v) is 6.42. The van der Waals surface area contributed by atoms with E-state index >= 15 is 0 Å². The lowest BCUT2D eigenvalue weighted by Crippen LogP contribution is -2.45. The summed E-state index contributed by atoms with van der Waals surface area (Å²) in [6.07, 6.45) is 4.08. The number of aryl methyl sites for hydroxylation is 1. The molecule has 1 fully saturated rings. The number of nitrogens with zero attached hydrogens (tertiary/aromatic N) is 3.